The van der Waals surface area contributed by atoms with Crippen molar-refractivity contribution in [2.75, 3.05) is 0 Å². The molecule has 2 aromatic heterocycles. The summed E-state index contributed by atoms with van der Waals surface area (Å²) in [4.78, 5) is 15.0. The molecular weight excluding hydrogens is 204 g/mol. The summed E-state index contributed by atoms with van der Waals surface area (Å²) < 4.78 is 1.96. The number of carboxylic acids is 1. The smallest absolute Gasteiger partial charge is 0.307 e. The van der Waals surface area contributed by atoms with Gasteiger partial charge in [-0.25, -0.2) is 4.98 Å². The van der Waals surface area contributed by atoms with E-state index in [1.165, 1.54) is 0 Å². The SMILES string of the molecule is CC(C)c1ncc2ccc(CC(=O)O)cn12. The molecule has 1 N–H and O–H groups in total. The lowest BCUT2D eigenvalue weighted by atomic mass is 10.2. The van der Waals surface area contributed by atoms with Crippen molar-refractivity contribution in [3.63, 3.8) is 0 Å². The van der Waals surface area contributed by atoms with Crippen LogP contribution in [0.1, 0.15) is 31.2 Å². The molecule has 0 aromatic carbocycles. The van der Waals surface area contributed by atoms with E-state index in [-0.39, 0.29) is 6.42 Å². The van der Waals surface area contributed by atoms with Crippen molar-refractivity contribution in [3.8, 4) is 0 Å². The van der Waals surface area contributed by atoms with Gasteiger partial charge in [0.15, 0.2) is 0 Å². The normalized spacial score (nSPS) is 11.2. The Kier molecular flexibility index (Phi) is 2.64. The van der Waals surface area contributed by atoms with Gasteiger partial charge in [-0.2, -0.15) is 0 Å². The summed E-state index contributed by atoms with van der Waals surface area (Å²) in [7, 11) is 0. The maximum atomic E-state index is 10.6. The number of carbonyl (C=O) groups is 1. The molecule has 0 amide bonds. The number of hydrogen-bond acceptors (Lipinski definition) is 2. The Bertz CT molecular complexity index is 529. The van der Waals surface area contributed by atoms with E-state index in [1.54, 1.807) is 6.20 Å². The molecule has 0 spiro atoms. The van der Waals surface area contributed by atoms with Crippen molar-refractivity contribution in [3.05, 3.63) is 35.9 Å². The first-order valence-corrected chi connectivity index (χ1v) is 5.25. The van der Waals surface area contributed by atoms with Crippen molar-refractivity contribution in [1.82, 2.24) is 9.38 Å². The third kappa shape index (κ3) is 1.91. The first-order chi connectivity index (χ1) is 7.58. The zero-order chi connectivity index (χ0) is 11.7. The van der Waals surface area contributed by atoms with Gasteiger partial charge in [-0.3, -0.25) is 4.79 Å². The first-order valence-electron chi connectivity index (χ1n) is 5.25. The monoisotopic (exact) mass is 218 g/mol. The second kappa shape index (κ2) is 3.96. The molecule has 0 saturated heterocycles. The highest BCUT2D eigenvalue weighted by atomic mass is 16.4. The van der Waals surface area contributed by atoms with E-state index in [0.717, 1.165) is 16.9 Å². The standard InChI is InChI=1S/C12H14N2O2/c1-8(2)12-13-6-10-4-3-9(5-11(15)16)7-14(10)12/h3-4,6-8H,5H2,1-2H3,(H,15,16). The molecule has 2 heterocycles. The molecule has 84 valence electrons. The minimum absolute atomic E-state index is 0.0473. The molecule has 2 aromatic rings. The van der Waals surface area contributed by atoms with Gasteiger partial charge in [-0.15, -0.1) is 0 Å². The Morgan fingerprint density at radius 2 is 2.25 bits per heavy atom. The summed E-state index contributed by atoms with van der Waals surface area (Å²) in [5.41, 5.74) is 1.79. The van der Waals surface area contributed by atoms with E-state index in [9.17, 15) is 4.79 Å². The van der Waals surface area contributed by atoms with Gasteiger partial charge in [0.1, 0.15) is 5.82 Å². The van der Waals surface area contributed by atoms with Crippen molar-refractivity contribution in [2.24, 2.45) is 0 Å². The average Bonchev–Trinajstić information content (AvgIpc) is 2.59. The van der Waals surface area contributed by atoms with E-state index >= 15 is 0 Å². The number of imidazole rings is 1. The van der Waals surface area contributed by atoms with Gasteiger partial charge in [-0.1, -0.05) is 19.9 Å². The van der Waals surface area contributed by atoms with Crippen LogP contribution in [0.25, 0.3) is 5.52 Å². The third-order valence-corrected chi connectivity index (χ3v) is 2.49. The Balaban J connectivity index is 2.50. The molecule has 0 bridgehead atoms. The van der Waals surface area contributed by atoms with Gasteiger partial charge < -0.3 is 9.51 Å². The lowest BCUT2D eigenvalue weighted by molar-refractivity contribution is -0.136. The van der Waals surface area contributed by atoms with Crippen LogP contribution in [0.4, 0.5) is 0 Å². The van der Waals surface area contributed by atoms with Crippen molar-refractivity contribution >= 4 is 11.5 Å². The Hall–Kier alpha value is -1.84. The van der Waals surface area contributed by atoms with Crippen molar-refractivity contribution < 1.29 is 9.90 Å². The molecule has 4 heteroatoms. The number of nitrogens with zero attached hydrogens (tertiary/aromatic N) is 2. The predicted octanol–water partition coefficient (Wildman–Crippen LogP) is 2.08. The van der Waals surface area contributed by atoms with E-state index in [2.05, 4.69) is 18.8 Å². The summed E-state index contributed by atoms with van der Waals surface area (Å²) in [6.07, 6.45) is 3.71. The molecule has 4 nitrogen and oxygen atoms in total. The van der Waals surface area contributed by atoms with E-state index in [0.29, 0.717) is 5.92 Å². The number of hydrogen-bond donors (Lipinski definition) is 1. The maximum absolute atomic E-state index is 10.6. The number of carboxylic acid groups (broad SMARTS) is 1. The fraction of sp³-hybridized carbons (Fsp3) is 0.333. The van der Waals surface area contributed by atoms with Gasteiger partial charge in [0.25, 0.3) is 0 Å². The summed E-state index contributed by atoms with van der Waals surface area (Å²) in [6.45, 7) is 4.14. The Morgan fingerprint density at radius 1 is 1.50 bits per heavy atom. The van der Waals surface area contributed by atoms with Crippen molar-refractivity contribution in [1.29, 1.82) is 0 Å². The van der Waals surface area contributed by atoms with Crippen LogP contribution in [0.3, 0.4) is 0 Å². The Morgan fingerprint density at radius 3 is 2.88 bits per heavy atom. The topological polar surface area (TPSA) is 54.6 Å². The van der Waals surface area contributed by atoms with E-state index < -0.39 is 5.97 Å². The number of aliphatic carboxylic acids is 1. The molecule has 0 fully saturated rings. The molecule has 0 unspecified atom stereocenters. The quantitative estimate of drug-likeness (QED) is 0.858. The fourth-order valence-corrected chi connectivity index (χ4v) is 1.76. The van der Waals surface area contributed by atoms with Gasteiger partial charge in [0, 0.05) is 12.1 Å². The fourth-order valence-electron chi connectivity index (χ4n) is 1.76. The van der Waals surface area contributed by atoms with Crippen LogP contribution in [-0.4, -0.2) is 20.5 Å². The van der Waals surface area contributed by atoms with Gasteiger partial charge >= 0.3 is 5.97 Å². The van der Waals surface area contributed by atoms with Gasteiger partial charge in [0.05, 0.1) is 18.1 Å². The zero-order valence-electron chi connectivity index (χ0n) is 9.34. The largest absolute Gasteiger partial charge is 0.481 e. The minimum atomic E-state index is -0.814. The third-order valence-electron chi connectivity index (χ3n) is 2.49. The molecule has 0 saturated carbocycles. The second-order valence-electron chi connectivity index (χ2n) is 4.17. The molecule has 0 aliphatic carbocycles. The van der Waals surface area contributed by atoms with Gasteiger partial charge in [0.2, 0.25) is 0 Å². The first kappa shape index (κ1) is 10.7. The van der Waals surface area contributed by atoms with Crippen molar-refractivity contribution in [2.45, 2.75) is 26.2 Å². The second-order valence-corrected chi connectivity index (χ2v) is 4.17. The maximum Gasteiger partial charge on any atom is 0.307 e. The zero-order valence-corrected chi connectivity index (χ0v) is 9.34. The summed E-state index contributed by atoms with van der Waals surface area (Å²) >= 11 is 0. The molecule has 0 atom stereocenters. The highest BCUT2D eigenvalue weighted by Gasteiger charge is 2.08. The highest BCUT2D eigenvalue weighted by Crippen LogP contribution is 2.16. The average molecular weight is 218 g/mol. The molecule has 0 aliphatic rings. The van der Waals surface area contributed by atoms with E-state index in [4.69, 9.17) is 5.11 Å². The lowest BCUT2D eigenvalue weighted by Gasteiger charge is -2.05. The number of fused-ring (bicyclic) bond motifs is 1. The van der Waals surface area contributed by atoms with E-state index in [1.807, 2.05) is 22.7 Å². The van der Waals surface area contributed by atoms with Crippen LogP contribution in [0.5, 0.6) is 0 Å². The van der Waals surface area contributed by atoms with Crippen LogP contribution in [0, 0.1) is 0 Å². The molecule has 0 aliphatic heterocycles. The summed E-state index contributed by atoms with van der Waals surface area (Å²) in [5, 5.41) is 8.74. The number of pyridine rings is 1. The molecule has 2 rings (SSSR count). The minimum Gasteiger partial charge on any atom is -0.481 e. The van der Waals surface area contributed by atoms with Crippen LogP contribution >= 0.6 is 0 Å². The van der Waals surface area contributed by atoms with Crippen LogP contribution < -0.4 is 0 Å². The molecular formula is C12H14N2O2. The number of rotatable bonds is 3. The predicted molar refractivity (Wildman–Crippen MR) is 60.6 cm³/mol. The lowest BCUT2D eigenvalue weighted by Crippen LogP contribution is -2.03. The Labute approximate surface area is 93.5 Å². The highest BCUT2D eigenvalue weighted by molar-refractivity contribution is 5.70. The van der Waals surface area contributed by atoms with Crippen LogP contribution in [0.2, 0.25) is 0 Å². The molecule has 0 radical (unpaired) electrons. The summed E-state index contributed by atoms with van der Waals surface area (Å²) in [5.74, 6) is 0.468. The van der Waals surface area contributed by atoms with Crippen LogP contribution in [-0.2, 0) is 11.2 Å². The van der Waals surface area contributed by atoms with Crippen LogP contribution in [0.15, 0.2) is 24.5 Å². The summed E-state index contributed by atoms with van der Waals surface area (Å²) in [6, 6.07) is 3.73. The molecule has 16 heavy (non-hydrogen) atoms. The van der Waals surface area contributed by atoms with Gasteiger partial charge in [-0.05, 0) is 11.6 Å². The number of aromatic nitrogens is 2.